The van der Waals surface area contributed by atoms with Crippen LogP contribution in [-0.2, 0) is 0 Å². The molecule has 0 aromatic heterocycles. The molecule has 0 aromatic carbocycles. The summed E-state index contributed by atoms with van der Waals surface area (Å²) in [5.74, 6) is 1.82. The van der Waals surface area contributed by atoms with Crippen molar-refractivity contribution in [1.82, 2.24) is 5.32 Å². The number of nitrogens with one attached hydrogen (secondary N) is 1. The molecule has 0 atom stereocenters. The molecule has 17 heavy (non-hydrogen) atoms. The first-order chi connectivity index (χ1) is 7.97. The Balaban J connectivity index is 2.23. The molecule has 0 aliphatic heterocycles. The molecule has 0 radical (unpaired) electrons. The molecule has 0 heterocycles. The molecular weight excluding hydrogens is 206 g/mol. The second-order valence-electron chi connectivity index (χ2n) is 7.01. The van der Waals surface area contributed by atoms with E-state index in [1.165, 1.54) is 45.1 Å². The van der Waals surface area contributed by atoms with Crippen LogP contribution < -0.4 is 5.32 Å². The minimum atomic E-state index is 0.514. The second-order valence-corrected chi connectivity index (χ2v) is 7.01. The molecule has 1 nitrogen and oxygen atoms in total. The molecule has 1 aliphatic carbocycles. The maximum absolute atomic E-state index is 3.80. The molecule has 0 bridgehead atoms. The molecule has 0 amide bonds. The number of rotatable bonds is 5. The van der Waals surface area contributed by atoms with E-state index in [9.17, 15) is 0 Å². The van der Waals surface area contributed by atoms with Gasteiger partial charge in [-0.1, -0.05) is 47.5 Å². The molecular formula is C16H33N. The van der Waals surface area contributed by atoms with Crippen LogP contribution in [0.15, 0.2) is 0 Å². The summed E-state index contributed by atoms with van der Waals surface area (Å²) in [7, 11) is 0. The molecule has 0 spiro atoms. The molecule has 0 aromatic rings. The average molecular weight is 239 g/mol. The molecule has 1 aliphatic rings. The maximum atomic E-state index is 3.80. The zero-order valence-electron chi connectivity index (χ0n) is 12.7. The van der Waals surface area contributed by atoms with Gasteiger partial charge in [0.25, 0.3) is 0 Å². The average Bonchev–Trinajstić information content (AvgIpc) is 2.30. The Kier molecular flexibility index (Phi) is 5.99. The van der Waals surface area contributed by atoms with Crippen LogP contribution in [0.3, 0.4) is 0 Å². The monoisotopic (exact) mass is 239 g/mol. The van der Waals surface area contributed by atoms with Crippen LogP contribution in [0.2, 0.25) is 0 Å². The Labute approximate surface area is 109 Å². The molecule has 102 valence electrons. The van der Waals surface area contributed by atoms with Crippen molar-refractivity contribution >= 4 is 0 Å². The summed E-state index contributed by atoms with van der Waals surface area (Å²) in [5.41, 5.74) is 0.514. The highest BCUT2D eigenvalue weighted by Gasteiger charge is 2.29. The normalized spacial score (nSPS) is 26.5. The van der Waals surface area contributed by atoms with Crippen molar-refractivity contribution in [3.05, 3.63) is 0 Å². The molecule has 1 rings (SSSR count). The van der Waals surface area contributed by atoms with Gasteiger partial charge in [-0.2, -0.15) is 0 Å². The summed E-state index contributed by atoms with van der Waals surface area (Å²) in [6.07, 6.45) is 8.26. The van der Waals surface area contributed by atoms with Gasteiger partial charge in [0.05, 0.1) is 0 Å². The van der Waals surface area contributed by atoms with E-state index in [4.69, 9.17) is 0 Å². The third kappa shape index (κ3) is 4.99. The lowest BCUT2D eigenvalue weighted by atomic mass is 9.71. The Hall–Kier alpha value is -0.0400. The minimum Gasteiger partial charge on any atom is -0.314 e. The van der Waals surface area contributed by atoms with E-state index in [1.807, 2.05) is 0 Å². The lowest BCUT2D eigenvalue weighted by molar-refractivity contribution is 0.158. The van der Waals surface area contributed by atoms with Gasteiger partial charge in [-0.25, -0.2) is 0 Å². The molecule has 1 saturated carbocycles. The third-order valence-electron chi connectivity index (χ3n) is 4.80. The number of hydrogen-bond donors (Lipinski definition) is 1. The van der Waals surface area contributed by atoms with E-state index in [-0.39, 0.29) is 0 Å². The quantitative estimate of drug-likeness (QED) is 0.738. The highest BCUT2D eigenvalue weighted by Crippen LogP contribution is 2.37. The van der Waals surface area contributed by atoms with Crippen molar-refractivity contribution in [2.24, 2.45) is 17.3 Å². The largest absolute Gasteiger partial charge is 0.314 e. The third-order valence-corrected chi connectivity index (χ3v) is 4.80. The van der Waals surface area contributed by atoms with Crippen molar-refractivity contribution < 1.29 is 0 Å². The summed E-state index contributed by atoms with van der Waals surface area (Å²) in [4.78, 5) is 0. The Morgan fingerprint density at radius 1 is 1.00 bits per heavy atom. The smallest absolute Gasteiger partial charge is 0.00673 e. The predicted molar refractivity (Wildman–Crippen MR) is 77.3 cm³/mol. The van der Waals surface area contributed by atoms with Crippen LogP contribution >= 0.6 is 0 Å². The van der Waals surface area contributed by atoms with E-state index in [1.54, 1.807) is 0 Å². The topological polar surface area (TPSA) is 12.0 Å². The van der Waals surface area contributed by atoms with Crippen molar-refractivity contribution in [3.8, 4) is 0 Å². The van der Waals surface area contributed by atoms with E-state index in [0.29, 0.717) is 5.41 Å². The van der Waals surface area contributed by atoms with Crippen LogP contribution in [-0.4, -0.2) is 12.6 Å². The number of hydrogen-bond acceptors (Lipinski definition) is 1. The first kappa shape index (κ1) is 15.0. The predicted octanol–water partition coefficient (Wildman–Crippen LogP) is 4.62. The highest BCUT2D eigenvalue weighted by molar-refractivity contribution is 4.83. The summed E-state index contributed by atoms with van der Waals surface area (Å²) in [6.45, 7) is 13.1. The van der Waals surface area contributed by atoms with Crippen molar-refractivity contribution in [3.63, 3.8) is 0 Å². The van der Waals surface area contributed by atoms with Crippen LogP contribution in [0, 0.1) is 17.3 Å². The Morgan fingerprint density at radius 2 is 1.53 bits per heavy atom. The maximum Gasteiger partial charge on any atom is 0.00673 e. The fourth-order valence-electron chi connectivity index (χ4n) is 3.07. The zero-order valence-corrected chi connectivity index (χ0v) is 12.7. The first-order valence-corrected chi connectivity index (χ1v) is 7.70. The van der Waals surface area contributed by atoms with Crippen LogP contribution in [0.5, 0.6) is 0 Å². The summed E-state index contributed by atoms with van der Waals surface area (Å²) >= 11 is 0. The molecule has 1 fully saturated rings. The molecule has 0 unspecified atom stereocenters. The van der Waals surface area contributed by atoms with Crippen LogP contribution in [0.4, 0.5) is 0 Å². The Bertz CT molecular complexity index is 192. The van der Waals surface area contributed by atoms with E-state index in [0.717, 1.165) is 17.9 Å². The molecule has 0 saturated heterocycles. The first-order valence-electron chi connectivity index (χ1n) is 7.70. The fraction of sp³-hybridized carbons (Fsp3) is 1.00. The van der Waals surface area contributed by atoms with Gasteiger partial charge in [-0.15, -0.1) is 0 Å². The van der Waals surface area contributed by atoms with Crippen molar-refractivity contribution in [2.45, 2.75) is 79.2 Å². The van der Waals surface area contributed by atoms with Gasteiger partial charge in [0.15, 0.2) is 0 Å². The minimum absolute atomic E-state index is 0.514. The van der Waals surface area contributed by atoms with Gasteiger partial charge in [0, 0.05) is 6.04 Å². The highest BCUT2D eigenvalue weighted by atomic mass is 14.9. The summed E-state index contributed by atoms with van der Waals surface area (Å²) in [5, 5.41) is 3.80. The van der Waals surface area contributed by atoms with Crippen molar-refractivity contribution in [2.75, 3.05) is 6.54 Å². The zero-order chi connectivity index (χ0) is 12.9. The van der Waals surface area contributed by atoms with Crippen molar-refractivity contribution in [1.29, 1.82) is 0 Å². The SMILES string of the molecule is CCC(CC)CNC1CCC(C(C)(C)C)CC1. The van der Waals surface area contributed by atoms with Gasteiger partial charge in [-0.3, -0.25) is 0 Å². The Morgan fingerprint density at radius 3 is 1.94 bits per heavy atom. The van der Waals surface area contributed by atoms with Crippen LogP contribution in [0.25, 0.3) is 0 Å². The van der Waals surface area contributed by atoms with E-state index >= 15 is 0 Å². The molecule has 1 N–H and O–H groups in total. The molecule has 1 heteroatoms. The van der Waals surface area contributed by atoms with E-state index < -0.39 is 0 Å². The van der Waals surface area contributed by atoms with Gasteiger partial charge < -0.3 is 5.32 Å². The van der Waals surface area contributed by atoms with Gasteiger partial charge >= 0.3 is 0 Å². The van der Waals surface area contributed by atoms with Gasteiger partial charge in [0.2, 0.25) is 0 Å². The van der Waals surface area contributed by atoms with E-state index in [2.05, 4.69) is 39.9 Å². The summed E-state index contributed by atoms with van der Waals surface area (Å²) < 4.78 is 0. The van der Waals surface area contributed by atoms with Crippen LogP contribution in [0.1, 0.15) is 73.1 Å². The standard InChI is InChI=1S/C16H33N/c1-6-13(7-2)12-17-15-10-8-14(9-11-15)16(3,4)5/h13-15,17H,6-12H2,1-5H3. The lowest BCUT2D eigenvalue weighted by Crippen LogP contribution is -2.38. The second kappa shape index (κ2) is 6.78. The van der Waals surface area contributed by atoms with Gasteiger partial charge in [-0.05, 0) is 49.5 Å². The summed E-state index contributed by atoms with van der Waals surface area (Å²) in [6, 6.07) is 0.800. The van der Waals surface area contributed by atoms with Gasteiger partial charge in [0.1, 0.15) is 0 Å². The fourth-order valence-corrected chi connectivity index (χ4v) is 3.07. The lowest BCUT2D eigenvalue weighted by Gasteiger charge is -2.37.